The number of carboxylic acids is 1. The van der Waals surface area contributed by atoms with E-state index in [0.717, 1.165) is 0 Å². The van der Waals surface area contributed by atoms with Crippen LogP contribution in [0.4, 0.5) is 0 Å². The number of aromatic carboxylic acids is 1. The molecule has 1 heterocycles. The molecule has 0 fully saturated rings. The quantitative estimate of drug-likeness (QED) is 0.738. The largest absolute Gasteiger partial charge is 0.491 e. The van der Waals surface area contributed by atoms with Crippen LogP contribution in [-0.4, -0.2) is 49.3 Å². The standard InChI is InChI=1S/C18H21NO6/c1-12-16(18(21)22)10-15(25-12)11-19(2)17(20)13-4-6-14(7-5-13)24-9-8-23-3/h4-7,10H,8-9,11H2,1-3H3,(H,21,22). The van der Waals surface area contributed by atoms with Gasteiger partial charge in [0, 0.05) is 19.7 Å². The minimum Gasteiger partial charge on any atom is -0.491 e. The van der Waals surface area contributed by atoms with Crippen molar-refractivity contribution in [1.29, 1.82) is 0 Å². The lowest BCUT2D eigenvalue weighted by molar-refractivity contribution is 0.0694. The second-order valence-electron chi connectivity index (χ2n) is 5.51. The Labute approximate surface area is 145 Å². The number of carbonyl (C=O) groups excluding carboxylic acids is 1. The van der Waals surface area contributed by atoms with E-state index in [2.05, 4.69) is 0 Å². The first-order chi connectivity index (χ1) is 11.9. The van der Waals surface area contributed by atoms with Gasteiger partial charge in [0.15, 0.2) is 0 Å². The molecule has 0 unspecified atom stereocenters. The number of carboxylic acid groups (broad SMARTS) is 1. The third kappa shape index (κ3) is 4.84. The number of aryl methyl sites for hydroxylation is 1. The summed E-state index contributed by atoms with van der Waals surface area (Å²) in [5.74, 6) is 0.148. The zero-order valence-corrected chi connectivity index (χ0v) is 14.4. The number of furan rings is 1. The molecule has 25 heavy (non-hydrogen) atoms. The van der Waals surface area contributed by atoms with Gasteiger partial charge in [0.25, 0.3) is 5.91 Å². The highest BCUT2D eigenvalue weighted by atomic mass is 16.5. The highest BCUT2D eigenvalue weighted by Crippen LogP contribution is 2.18. The molecule has 2 aromatic rings. The minimum atomic E-state index is -1.05. The molecular formula is C18H21NO6. The van der Waals surface area contributed by atoms with Crippen molar-refractivity contribution >= 4 is 11.9 Å². The Bertz CT molecular complexity index is 735. The molecular weight excluding hydrogens is 326 g/mol. The summed E-state index contributed by atoms with van der Waals surface area (Å²) in [6.45, 7) is 2.69. The lowest BCUT2D eigenvalue weighted by atomic mass is 10.2. The second kappa shape index (κ2) is 8.34. The van der Waals surface area contributed by atoms with Gasteiger partial charge in [0.1, 0.15) is 29.4 Å². The van der Waals surface area contributed by atoms with Crippen molar-refractivity contribution in [2.45, 2.75) is 13.5 Å². The predicted molar refractivity (Wildman–Crippen MR) is 90.0 cm³/mol. The number of ether oxygens (including phenoxy) is 2. The van der Waals surface area contributed by atoms with Gasteiger partial charge in [0.2, 0.25) is 0 Å². The summed E-state index contributed by atoms with van der Waals surface area (Å²) in [6.07, 6.45) is 0. The third-order valence-electron chi connectivity index (χ3n) is 3.60. The number of benzene rings is 1. The van der Waals surface area contributed by atoms with Gasteiger partial charge in [-0.3, -0.25) is 4.79 Å². The van der Waals surface area contributed by atoms with Gasteiger partial charge >= 0.3 is 5.97 Å². The summed E-state index contributed by atoms with van der Waals surface area (Å²) in [5, 5.41) is 9.04. The highest BCUT2D eigenvalue weighted by Gasteiger charge is 2.17. The van der Waals surface area contributed by atoms with E-state index >= 15 is 0 Å². The van der Waals surface area contributed by atoms with Crippen LogP contribution in [0.1, 0.15) is 32.2 Å². The van der Waals surface area contributed by atoms with Crippen molar-refractivity contribution in [3.63, 3.8) is 0 Å². The van der Waals surface area contributed by atoms with E-state index in [0.29, 0.717) is 36.0 Å². The number of hydrogen-bond donors (Lipinski definition) is 1. The number of rotatable bonds is 8. The maximum Gasteiger partial charge on any atom is 0.339 e. The number of amides is 1. The van der Waals surface area contributed by atoms with Crippen LogP contribution in [0.3, 0.4) is 0 Å². The van der Waals surface area contributed by atoms with E-state index in [9.17, 15) is 9.59 Å². The van der Waals surface area contributed by atoms with Crippen LogP contribution >= 0.6 is 0 Å². The molecule has 0 aliphatic rings. The van der Waals surface area contributed by atoms with Crippen molar-refractivity contribution in [2.75, 3.05) is 27.4 Å². The Balaban J connectivity index is 1.99. The van der Waals surface area contributed by atoms with Crippen molar-refractivity contribution in [1.82, 2.24) is 4.90 Å². The summed E-state index contributed by atoms with van der Waals surface area (Å²) in [7, 11) is 3.23. The smallest absolute Gasteiger partial charge is 0.339 e. The number of methoxy groups -OCH3 is 1. The Morgan fingerprint density at radius 1 is 1.20 bits per heavy atom. The molecule has 0 aliphatic heterocycles. The van der Waals surface area contributed by atoms with E-state index in [4.69, 9.17) is 19.0 Å². The van der Waals surface area contributed by atoms with E-state index in [1.54, 1.807) is 45.3 Å². The van der Waals surface area contributed by atoms with Crippen molar-refractivity contribution in [3.05, 3.63) is 53.0 Å². The van der Waals surface area contributed by atoms with E-state index in [1.807, 2.05) is 0 Å². The SMILES string of the molecule is COCCOc1ccc(C(=O)N(C)Cc2cc(C(=O)O)c(C)o2)cc1. The summed E-state index contributed by atoms with van der Waals surface area (Å²) < 4.78 is 15.8. The topological polar surface area (TPSA) is 89.2 Å². The van der Waals surface area contributed by atoms with Crippen LogP contribution in [0.25, 0.3) is 0 Å². The van der Waals surface area contributed by atoms with Gasteiger partial charge in [-0.05, 0) is 37.3 Å². The highest BCUT2D eigenvalue weighted by molar-refractivity contribution is 5.94. The molecule has 1 aromatic heterocycles. The second-order valence-corrected chi connectivity index (χ2v) is 5.51. The Morgan fingerprint density at radius 2 is 1.88 bits per heavy atom. The first kappa shape index (κ1) is 18.5. The molecule has 0 aliphatic carbocycles. The average Bonchev–Trinajstić information content (AvgIpc) is 2.95. The van der Waals surface area contributed by atoms with E-state index in [-0.39, 0.29) is 18.0 Å². The maximum absolute atomic E-state index is 12.5. The van der Waals surface area contributed by atoms with Crippen molar-refractivity contribution in [3.8, 4) is 5.75 Å². The van der Waals surface area contributed by atoms with Crippen LogP contribution in [0.2, 0.25) is 0 Å². The molecule has 1 amide bonds. The zero-order chi connectivity index (χ0) is 18.4. The molecule has 0 radical (unpaired) electrons. The molecule has 2 rings (SSSR count). The fourth-order valence-corrected chi connectivity index (χ4v) is 2.30. The molecule has 7 nitrogen and oxygen atoms in total. The Morgan fingerprint density at radius 3 is 2.44 bits per heavy atom. The fourth-order valence-electron chi connectivity index (χ4n) is 2.30. The normalized spacial score (nSPS) is 10.5. The van der Waals surface area contributed by atoms with E-state index < -0.39 is 5.97 Å². The summed E-state index contributed by atoms with van der Waals surface area (Å²) in [6, 6.07) is 8.23. The number of carbonyl (C=O) groups is 2. The zero-order valence-electron chi connectivity index (χ0n) is 14.4. The monoisotopic (exact) mass is 347 g/mol. The molecule has 0 saturated heterocycles. The van der Waals surface area contributed by atoms with Gasteiger partial charge in [0.05, 0.1) is 13.2 Å². The van der Waals surface area contributed by atoms with Crippen molar-refractivity contribution < 1.29 is 28.6 Å². The van der Waals surface area contributed by atoms with Gasteiger partial charge < -0.3 is 23.9 Å². The van der Waals surface area contributed by atoms with Gasteiger partial charge in [-0.25, -0.2) is 4.79 Å². The molecule has 0 bridgehead atoms. The predicted octanol–water partition coefficient (Wildman–Crippen LogP) is 2.58. The summed E-state index contributed by atoms with van der Waals surface area (Å²) in [5.41, 5.74) is 0.608. The first-order valence-corrected chi connectivity index (χ1v) is 7.72. The van der Waals surface area contributed by atoms with Crippen LogP contribution < -0.4 is 4.74 Å². The molecule has 134 valence electrons. The van der Waals surface area contributed by atoms with Crippen LogP contribution in [0, 0.1) is 6.92 Å². The Kier molecular flexibility index (Phi) is 6.19. The third-order valence-corrected chi connectivity index (χ3v) is 3.60. The molecule has 1 N–H and O–H groups in total. The van der Waals surface area contributed by atoms with Gasteiger partial charge in [-0.15, -0.1) is 0 Å². The maximum atomic E-state index is 12.5. The molecule has 0 atom stereocenters. The average molecular weight is 347 g/mol. The summed E-state index contributed by atoms with van der Waals surface area (Å²) in [4.78, 5) is 25.0. The van der Waals surface area contributed by atoms with Gasteiger partial charge in [-0.1, -0.05) is 0 Å². The Hall–Kier alpha value is -2.80. The van der Waals surface area contributed by atoms with Crippen LogP contribution in [0.15, 0.2) is 34.7 Å². The molecule has 1 aromatic carbocycles. The van der Waals surface area contributed by atoms with Crippen LogP contribution in [0.5, 0.6) is 5.75 Å². The van der Waals surface area contributed by atoms with Crippen LogP contribution in [-0.2, 0) is 11.3 Å². The first-order valence-electron chi connectivity index (χ1n) is 7.72. The number of nitrogens with zero attached hydrogens (tertiary/aromatic N) is 1. The lowest BCUT2D eigenvalue weighted by Crippen LogP contribution is -2.25. The van der Waals surface area contributed by atoms with Crippen molar-refractivity contribution in [2.24, 2.45) is 0 Å². The van der Waals surface area contributed by atoms with Gasteiger partial charge in [-0.2, -0.15) is 0 Å². The fraction of sp³-hybridized carbons (Fsp3) is 0.333. The van der Waals surface area contributed by atoms with E-state index in [1.165, 1.54) is 11.0 Å². The summed E-state index contributed by atoms with van der Waals surface area (Å²) >= 11 is 0. The number of hydrogen-bond acceptors (Lipinski definition) is 5. The lowest BCUT2D eigenvalue weighted by Gasteiger charge is -2.16. The molecule has 0 saturated carbocycles. The molecule has 7 heteroatoms. The molecule has 0 spiro atoms. The minimum absolute atomic E-state index is 0.105.